The van der Waals surface area contributed by atoms with Gasteiger partial charge in [-0.05, 0) is 49.9 Å². The molecule has 3 heterocycles. The number of thioether (sulfide) groups is 1. The molecule has 2 amide bonds. The summed E-state index contributed by atoms with van der Waals surface area (Å²) in [4.78, 5) is 39.3. The number of aliphatic imine (C=N–C) groups is 1. The molecule has 1 atom stereocenters. The van der Waals surface area contributed by atoms with Crippen molar-refractivity contribution < 1.29 is 9.59 Å². The first-order chi connectivity index (χ1) is 16.9. The summed E-state index contributed by atoms with van der Waals surface area (Å²) >= 11 is 8.11. The number of fused-ring (bicyclic) bond motifs is 1. The topological polar surface area (TPSA) is 77.9 Å². The first-order valence-electron chi connectivity index (χ1n) is 11.6. The predicted octanol–water partition coefficient (Wildman–Crippen LogP) is 4.88. The third kappa shape index (κ3) is 5.28. The number of allylic oxidation sites excluding steroid dienone is 1. The lowest BCUT2D eigenvalue weighted by Gasteiger charge is -2.38. The summed E-state index contributed by atoms with van der Waals surface area (Å²) in [7, 11) is 0. The Hall–Kier alpha value is -3.10. The van der Waals surface area contributed by atoms with Crippen molar-refractivity contribution in [1.82, 2.24) is 20.1 Å². The lowest BCUT2D eigenvalue weighted by Crippen LogP contribution is -2.42. The maximum atomic E-state index is 13.7. The average molecular weight is 510 g/mol. The number of halogens is 1. The van der Waals surface area contributed by atoms with Gasteiger partial charge in [0.25, 0.3) is 5.91 Å². The Morgan fingerprint density at radius 1 is 1.14 bits per heavy atom. The van der Waals surface area contributed by atoms with Crippen LogP contribution in [0.15, 0.2) is 76.0 Å². The van der Waals surface area contributed by atoms with Crippen molar-refractivity contribution in [2.75, 3.05) is 13.1 Å². The van der Waals surface area contributed by atoms with Gasteiger partial charge in [0.2, 0.25) is 5.91 Å². The molecule has 2 aliphatic heterocycles. The molecule has 7 nitrogen and oxygen atoms in total. The number of rotatable bonds is 8. The number of carbonyl (C=O) groups is 2. The molecule has 0 aliphatic carbocycles. The maximum absolute atomic E-state index is 13.7. The summed E-state index contributed by atoms with van der Waals surface area (Å²) in [6.45, 7) is 7.31. The zero-order valence-electron chi connectivity index (χ0n) is 20.0. The summed E-state index contributed by atoms with van der Waals surface area (Å²) in [6, 6.07) is 12.6. The molecular formula is C26H28ClN5O2S. The summed E-state index contributed by atoms with van der Waals surface area (Å²) in [5, 5.41) is 6.16. The molecule has 1 aromatic heterocycles. The molecule has 2 aromatic rings. The highest BCUT2D eigenvalue weighted by atomic mass is 35.5. The summed E-state index contributed by atoms with van der Waals surface area (Å²) in [5.41, 5.74) is 3.61. The van der Waals surface area contributed by atoms with Crippen LogP contribution < -0.4 is 5.32 Å². The van der Waals surface area contributed by atoms with Gasteiger partial charge in [-0.2, -0.15) is 0 Å². The number of nitrogens with one attached hydrogen (secondary N) is 1. The van der Waals surface area contributed by atoms with Gasteiger partial charge in [0.15, 0.2) is 5.17 Å². The van der Waals surface area contributed by atoms with Crippen molar-refractivity contribution in [3.63, 3.8) is 0 Å². The number of benzene rings is 1. The predicted molar refractivity (Wildman–Crippen MR) is 140 cm³/mol. The van der Waals surface area contributed by atoms with E-state index in [-0.39, 0.29) is 18.2 Å². The average Bonchev–Trinajstić information content (AvgIpc) is 3.25. The molecule has 1 unspecified atom stereocenters. The molecule has 2 aliphatic rings. The summed E-state index contributed by atoms with van der Waals surface area (Å²) < 4.78 is 0. The van der Waals surface area contributed by atoms with Crippen LogP contribution in [0.1, 0.15) is 44.5 Å². The number of amidine groups is 1. The molecule has 182 valence electrons. The zero-order chi connectivity index (χ0) is 24.9. The normalized spacial score (nSPS) is 17.0. The lowest BCUT2D eigenvalue weighted by molar-refractivity contribution is -0.127. The second-order valence-corrected chi connectivity index (χ2v) is 9.41. The van der Waals surface area contributed by atoms with E-state index in [1.54, 1.807) is 11.1 Å². The molecule has 0 saturated carbocycles. The van der Waals surface area contributed by atoms with E-state index >= 15 is 0 Å². The smallest absolute Gasteiger partial charge is 0.254 e. The molecule has 0 spiro atoms. The largest absolute Gasteiger partial charge is 0.350 e. The van der Waals surface area contributed by atoms with Crippen LogP contribution >= 0.6 is 23.4 Å². The van der Waals surface area contributed by atoms with Crippen LogP contribution in [-0.2, 0) is 16.1 Å². The number of nitrogens with zero attached hydrogens (tertiary/aromatic N) is 4. The van der Waals surface area contributed by atoms with Gasteiger partial charge >= 0.3 is 0 Å². The van der Waals surface area contributed by atoms with Crippen molar-refractivity contribution in [2.24, 2.45) is 4.99 Å². The van der Waals surface area contributed by atoms with E-state index in [2.05, 4.69) is 10.3 Å². The second-order valence-electron chi connectivity index (χ2n) is 8.17. The molecule has 9 heteroatoms. The van der Waals surface area contributed by atoms with E-state index in [4.69, 9.17) is 16.6 Å². The third-order valence-corrected chi connectivity index (χ3v) is 7.25. The second kappa shape index (κ2) is 11.1. The van der Waals surface area contributed by atoms with E-state index in [1.807, 2.05) is 73.5 Å². The number of hydrogen-bond donors (Lipinski definition) is 1. The highest BCUT2D eigenvalue weighted by molar-refractivity contribution is 8.16. The van der Waals surface area contributed by atoms with Gasteiger partial charge in [-0.25, -0.2) is 4.99 Å². The molecular weight excluding hydrogens is 482 g/mol. The number of carbonyl (C=O) groups excluding carboxylic acids is 2. The van der Waals surface area contributed by atoms with Crippen molar-refractivity contribution in [3.05, 3.63) is 87.3 Å². The fourth-order valence-corrected chi connectivity index (χ4v) is 5.44. The van der Waals surface area contributed by atoms with Gasteiger partial charge in [-0.3, -0.25) is 14.6 Å². The number of likely N-dealkylation sites (N-methyl/N-ethyl adjacent to an activating group) is 1. The highest BCUT2D eigenvalue weighted by Gasteiger charge is 2.42. The van der Waals surface area contributed by atoms with Crippen LogP contribution in [0.2, 0.25) is 5.02 Å². The fourth-order valence-electron chi connectivity index (χ4n) is 4.23. The lowest BCUT2D eigenvalue weighted by atomic mass is 9.92. The van der Waals surface area contributed by atoms with Crippen molar-refractivity contribution >= 4 is 40.3 Å². The Morgan fingerprint density at radius 2 is 1.89 bits per heavy atom. The van der Waals surface area contributed by atoms with Crippen molar-refractivity contribution in [1.29, 1.82) is 0 Å². The Bertz CT molecular complexity index is 1210. The monoisotopic (exact) mass is 509 g/mol. The highest BCUT2D eigenvalue weighted by Crippen LogP contribution is 2.46. The molecule has 1 aromatic carbocycles. The standard InChI is InChI=1S/C26H28ClN5O2S/c1-4-31(5-2)25(34)23-17(3)30-26-32(24(23)20-11-6-7-12-21(20)27)19(16-35-26)14-22(33)29-15-18-10-8-9-13-28-18/h6-13,16,24H,4-5,14-15H2,1-3H3,(H,29,33). The first-order valence-corrected chi connectivity index (χ1v) is 12.8. The van der Waals surface area contributed by atoms with E-state index in [9.17, 15) is 9.59 Å². The van der Waals surface area contributed by atoms with Gasteiger partial charge in [-0.1, -0.05) is 47.6 Å². The molecule has 0 fully saturated rings. The number of hydrogen-bond acceptors (Lipinski definition) is 6. The Morgan fingerprint density at radius 3 is 2.57 bits per heavy atom. The van der Waals surface area contributed by atoms with Gasteiger partial charge in [0, 0.05) is 30.0 Å². The Kier molecular flexibility index (Phi) is 7.93. The van der Waals surface area contributed by atoms with E-state index in [0.717, 1.165) is 22.1 Å². The first kappa shape index (κ1) is 25.0. The van der Waals surface area contributed by atoms with Gasteiger partial charge in [0.05, 0.1) is 36.0 Å². The summed E-state index contributed by atoms with van der Waals surface area (Å²) in [6.07, 6.45) is 1.84. The molecule has 4 rings (SSSR count). The van der Waals surface area contributed by atoms with E-state index in [1.165, 1.54) is 11.8 Å². The van der Waals surface area contributed by atoms with Crippen LogP contribution in [0, 0.1) is 0 Å². The minimum absolute atomic E-state index is 0.0731. The Balaban J connectivity index is 1.65. The fraction of sp³-hybridized carbons (Fsp3) is 0.308. The maximum Gasteiger partial charge on any atom is 0.254 e. The minimum Gasteiger partial charge on any atom is -0.350 e. The van der Waals surface area contributed by atoms with Crippen LogP contribution in [0.4, 0.5) is 0 Å². The Labute approximate surface area is 215 Å². The van der Waals surface area contributed by atoms with E-state index in [0.29, 0.717) is 35.9 Å². The van der Waals surface area contributed by atoms with Crippen LogP contribution in [-0.4, -0.2) is 44.9 Å². The van der Waals surface area contributed by atoms with Gasteiger partial charge < -0.3 is 15.1 Å². The third-order valence-electron chi connectivity index (χ3n) is 6.02. The number of aromatic nitrogens is 1. The summed E-state index contributed by atoms with van der Waals surface area (Å²) in [5.74, 6) is -0.208. The SMILES string of the molecule is CCN(CC)C(=O)C1=C(C)N=C2SC=C(CC(=O)NCc3ccccn3)N2C1c1ccccc1Cl. The molecule has 0 radical (unpaired) electrons. The molecule has 0 bridgehead atoms. The van der Waals surface area contributed by atoms with Gasteiger partial charge in [0.1, 0.15) is 0 Å². The van der Waals surface area contributed by atoms with Crippen LogP contribution in [0.25, 0.3) is 0 Å². The van der Waals surface area contributed by atoms with Crippen molar-refractivity contribution in [3.8, 4) is 0 Å². The van der Waals surface area contributed by atoms with E-state index < -0.39 is 6.04 Å². The number of pyridine rings is 1. The molecule has 0 saturated heterocycles. The minimum atomic E-state index is -0.478. The zero-order valence-corrected chi connectivity index (χ0v) is 21.6. The van der Waals surface area contributed by atoms with Gasteiger partial charge in [-0.15, -0.1) is 0 Å². The van der Waals surface area contributed by atoms with Crippen molar-refractivity contribution in [2.45, 2.75) is 39.8 Å². The molecule has 1 N–H and O–H groups in total. The molecule has 35 heavy (non-hydrogen) atoms. The van der Waals surface area contributed by atoms with Crippen LogP contribution in [0.5, 0.6) is 0 Å². The quantitative estimate of drug-likeness (QED) is 0.548. The van der Waals surface area contributed by atoms with Crippen LogP contribution in [0.3, 0.4) is 0 Å². The number of amides is 2.